The van der Waals surface area contributed by atoms with E-state index in [1.165, 1.54) is 116 Å². The van der Waals surface area contributed by atoms with Crippen LogP contribution < -0.4 is 0 Å². The molecule has 1 atom stereocenters. The van der Waals surface area contributed by atoms with Crippen molar-refractivity contribution in [3.63, 3.8) is 0 Å². The molecule has 0 saturated heterocycles. The number of hydrogen-bond donors (Lipinski definition) is 0. The van der Waals surface area contributed by atoms with Gasteiger partial charge in [0.1, 0.15) is 13.2 Å². The summed E-state index contributed by atoms with van der Waals surface area (Å²) in [7, 11) is 0. The van der Waals surface area contributed by atoms with E-state index in [1.807, 2.05) is 0 Å². The Morgan fingerprint density at radius 2 is 0.481 bits per heavy atom. The molecule has 0 aromatic heterocycles. The van der Waals surface area contributed by atoms with Gasteiger partial charge in [-0.2, -0.15) is 0 Å². The van der Waals surface area contributed by atoms with Crippen LogP contribution in [-0.2, 0) is 28.6 Å². The number of rotatable bonds is 59. The van der Waals surface area contributed by atoms with Crippen LogP contribution in [-0.4, -0.2) is 37.2 Å². The quantitative estimate of drug-likeness (QED) is 0.0261. The number of unbranched alkanes of at least 4 members (excludes halogenated alkanes) is 24. The Hall–Kier alpha value is -4.71. The first-order chi connectivity index (χ1) is 40.0. The molecule has 0 saturated carbocycles. The van der Waals surface area contributed by atoms with Crippen LogP contribution in [0, 0.1) is 0 Å². The Labute approximate surface area is 499 Å². The summed E-state index contributed by atoms with van der Waals surface area (Å²) in [5.74, 6) is -0.954. The molecule has 0 aliphatic carbocycles. The van der Waals surface area contributed by atoms with Gasteiger partial charge in [0.05, 0.1) is 0 Å². The fraction of sp³-hybridized carbons (Fsp3) is 0.640. The third-order valence-corrected chi connectivity index (χ3v) is 13.8. The first-order valence-corrected chi connectivity index (χ1v) is 33.3. The summed E-state index contributed by atoms with van der Waals surface area (Å²) in [4.78, 5) is 38.4. The predicted octanol–water partition coefficient (Wildman–Crippen LogP) is 23.1. The topological polar surface area (TPSA) is 78.9 Å². The zero-order valence-electron chi connectivity index (χ0n) is 52.5. The molecule has 0 radical (unpaired) electrons. The Morgan fingerprint density at radius 1 is 0.259 bits per heavy atom. The van der Waals surface area contributed by atoms with E-state index in [4.69, 9.17) is 14.2 Å². The van der Waals surface area contributed by atoms with Crippen molar-refractivity contribution in [2.45, 2.75) is 297 Å². The highest BCUT2D eigenvalue weighted by atomic mass is 16.6. The summed E-state index contributed by atoms with van der Waals surface area (Å²) in [5, 5.41) is 0. The molecular formula is C75H122O6. The monoisotopic (exact) mass is 1120 g/mol. The van der Waals surface area contributed by atoms with Gasteiger partial charge >= 0.3 is 17.9 Å². The van der Waals surface area contributed by atoms with E-state index in [2.05, 4.69) is 167 Å². The Bertz CT molecular complexity index is 1760. The van der Waals surface area contributed by atoms with E-state index in [0.29, 0.717) is 19.3 Å². The maximum atomic E-state index is 12.9. The van der Waals surface area contributed by atoms with Crippen molar-refractivity contribution < 1.29 is 28.6 Å². The van der Waals surface area contributed by atoms with Crippen molar-refractivity contribution in [2.75, 3.05) is 13.2 Å². The minimum absolute atomic E-state index is 0.102. The van der Waals surface area contributed by atoms with Gasteiger partial charge in [-0.25, -0.2) is 0 Å². The summed E-state index contributed by atoms with van der Waals surface area (Å²) in [5.41, 5.74) is 0. The average molecular weight is 1120 g/mol. The molecule has 0 bridgehead atoms. The van der Waals surface area contributed by atoms with Crippen LogP contribution in [0.3, 0.4) is 0 Å². The molecule has 0 spiro atoms. The van der Waals surface area contributed by atoms with Gasteiger partial charge in [0.2, 0.25) is 0 Å². The minimum atomic E-state index is -0.809. The highest BCUT2D eigenvalue weighted by molar-refractivity contribution is 5.71. The van der Waals surface area contributed by atoms with Gasteiger partial charge in [0.25, 0.3) is 0 Å². The molecule has 0 fully saturated rings. The number of allylic oxidation sites excluding steroid dienone is 24. The maximum absolute atomic E-state index is 12.9. The summed E-state index contributed by atoms with van der Waals surface area (Å²) in [6.45, 7) is 6.37. The average Bonchev–Trinajstić information content (AvgIpc) is 3.47. The molecule has 0 N–H and O–H groups in total. The lowest BCUT2D eigenvalue weighted by atomic mass is 10.1. The second-order valence-corrected chi connectivity index (χ2v) is 21.6. The predicted molar refractivity (Wildman–Crippen MR) is 352 cm³/mol. The zero-order valence-corrected chi connectivity index (χ0v) is 52.5. The van der Waals surface area contributed by atoms with Crippen molar-refractivity contribution in [3.05, 3.63) is 146 Å². The Balaban J connectivity index is 4.42. The standard InChI is InChI=1S/C75H122O6/c1-4-7-10-13-16-19-22-25-28-30-32-34-35-36-37-38-39-41-42-44-47-50-53-56-59-62-65-68-74(77)80-71-72(70-79-73(76)67-64-61-58-55-52-49-46-27-24-21-18-15-12-9-6-3)81-75(78)69-66-63-60-57-54-51-48-45-43-40-33-31-29-26-23-20-17-14-11-8-5-2/h7,9-10,12,16,18-19,21,23,25-28,31-34,36-37,39,41,46,52,55,72H,4-6,8,11,13-15,17,20,22,24,29-30,35,38,40,42-45,47-51,53-54,56-71H2,1-3H3/b10-7-,12-9-,19-16-,21-18-,26-23-,28-25-,33-31-,34-32-,37-36-,41-39-,46-27-,55-52-. The van der Waals surface area contributed by atoms with Crippen molar-refractivity contribution in [1.29, 1.82) is 0 Å². The van der Waals surface area contributed by atoms with Gasteiger partial charge in [-0.1, -0.05) is 276 Å². The lowest BCUT2D eigenvalue weighted by molar-refractivity contribution is -0.167. The molecule has 0 amide bonds. The molecule has 6 heteroatoms. The van der Waals surface area contributed by atoms with Crippen molar-refractivity contribution in [3.8, 4) is 0 Å². The largest absolute Gasteiger partial charge is 0.462 e. The van der Waals surface area contributed by atoms with E-state index in [9.17, 15) is 14.4 Å². The van der Waals surface area contributed by atoms with Gasteiger partial charge in [0, 0.05) is 19.3 Å². The molecule has 1 unspecified atom stereocenters. The summed E-state index contributed by atoms with van der Waals surface area (Å²) < 4.78 is 16.9. The van der Waals surface area contributed by atoms with Crippen molar-refractivity contribution >= 4 is 17.9 Å². The van der Waals surface area contributed by atoms with Crippen LogP contribution in [0.2, 0.25) is 0 Å². The van der Waals surface area contributed by atoms with Crippen molar-refractivity contribution in [1.82, 2.24) is 0 Å². The van der Waals surface area contributed by atoms with Gasteiger partial charge in [0.15, 0.2) is 6.10 Å². The van der Waals surface area contributed by atoms with E-state index < -0.39 is 6.10 Å². The number of hydrogen-bond acceptors (Lipinski definition) is 6. The van der Waals surface area contributed by atoms with E-state index in [-0.39, 0.29) is 31.1 Å². The van der Waals surface area contributed by atoms with Gasteiger partial charge in [-0.3, -0.25) is 14.4 Å². The van der Waals surface area contributed by atoms with Crippen LogP contribution in [0.4, 0.5) is 0 Å². The van der Waals surface area contributed by atoms with Crippen LogP contribution in [0.5, 0.6) is 0 Å². The van der Waals surface area contributed by atoms with Crippen LogP contribution in [0.1, 0.15) is 290 Å². The number of ether oxygens (including phenoxy) is 3. The van der Waals surface area contributed by atoms with Crippen LogP contribution in [0.15, 0.2) is 146 Å². The van der Waals surface area contributed by atoms with E-state index in [0.717, 1.165) is 135 Å². The molecule has 6 nitrogen and oxygen atoms in total. The molecule has 0 heterocycles. The minimum Gasteiger partial charge on any atom is -0.462 e. The van der Waals surface area contributed by atoms with E-state index in [1.54, 1.807) is 0 Å². The second kappa shape index (κ2) is 67.8. The molecule has 0 aliphatic heterocycles. The normalized spacial score (nSPS) is 13.1. The van der Waals surface area contributed by atoms with Crippen LogP contribution in [0.25, 0.3) is 0 Å². The number of esters is 3. The highest BCUT2D eigenvalue weighted by Gasteiger charge is 2.19. The van der Waals surface area contributed by atoms with E-state index >= 15 is 0 Å². The third kappa shape index (κ3) is 66.0. The first kappa shape index (κ1) is 76.3. The van der Waals surface area contributed by atoms with Gasteiger partial charge < -0.3 is 14.2 Å². The molecular weight excluding hydrogens is 997 g/mol. The Morgan fingerprint density at radius 3 is 0.778 bits per heavy atom. The number of carbonyl (C=O) groups is 3. The lowest BCUT2D eigenvalue weighted by Gasteiger charge is -2.18. The molecule has 0 aliphatic rings. The molecule has 458 valence electrons. The molecule has 0 aromatic rings. The second-order valence-electron chi connectivity index (χ2n) is 21.6. The Kier molecular flexibility index (Phi) is 63.9. The summed E-state index contributed by atoms with van der Waals surface area (Å²) in [6.07, 6.45) is 97.1. The SMILES string of the molecule is CC/C=C\C/C=C\C/C=C\C/C=C\C/C=C\C/C=C\CCCCCCCCCCC(=O)OCC(COC(=O)CCCC/C=C\C/C=C\C/C=C\C/C=C\CC)OC(=O)CCCCCCCCCCC/C=C\C/C=C\CCCCCCC. The van der Waals surface area contributed by atoms with Gasteiger partial charge in [-0.15, -0.1) is 0 Å². The maximum Gasteiger partial charge on any atom is 0.306 e. The summed E-state index contributed by atoms with van der Waals surface area (Å²) in [6, 6.07) is 0. The number of carbonyl (C=O) groups excluding carboxylic acids is 3. The first-order valence-electron chi connectivity index (χ1n) is 33.3. The zero-order chi connectivity index (χ0) is 58.5. The molecule has 0 rings (SSSR count). The van der Waals surface area contributed by atoms with Crippen LogP contribution >= 0.6 is 0 Å². The fourth-order valence-corrected chi connectivity index (χ4v) is 8.88. The lowest BCUT2D eigenvalue weighted by Crippen LogP contribution is -2.30. The molecule has 81 heavy (non-hydrogen) atoms. The molecule has 0 aromatic carbocycles. The van der Waals surface area contributed by atoms with Gasteiger partial charge in [-0.05, 0) is 141 Å². The van der Waals surface area contributed by atoms with Crippen molar-refractivity contribution in [2.24, 2.45) is 0 Å². The third-order valence-electron chi connectivity index (χ3n) is 13.8. The summed E-state index contributed by atoms with van der Waals surface area (Å²) >= 11 is 0. The smallest absolute Gasteiger partial charge is 0.306 e. The highest BCUT2D eigenvalue weighted by Crippen LogP contribution is 2.15. The fourth-order valence-electron chi connectivity index (χ4n) is 8.88.